The zero-order valence-corrected chi connectivity index (χ0v) is 11.8. The first-order valence-corrected chi connectivity index (χ1v) is 8.81. The van der Waals surface area contributed by atoms with E-state index in [4.69, 9.17) is 20.9 Å². The van der Waals surface area contributed by atoms with Crippen molar-refractivity contribution < 1.29 is 9.05 Å². The minimum Gasteiger partial charge on any atom is -0.330 e. The number of hydrogen-bond donors (Lipinski definition) is 0. The highest BCUT2D eigenvalue weighted by Gasteiger charge is 2.30. The monoisotopic (exact) mass is 250 g/mol. The van der Waals surface area contributed by atoms with Gasteiger partial charge >= 0.3 is 0 Å². The Morgan fingerprint density at radius 3 is 2.20 bits per heavy atom. The van der Waals surface area contributed by atoms with Gasteiger partial charge in [0.15, 0.2) is 6.49 Å². The summed E-state index contributed by atoms with van der Waals surface area (Å²) in [5.74, 6) is 1.53. The van der Waals surface area contributed by atoms with Gasteiger partial charge in [-0.3, -0.25) is 0 Å². The lowest BCUT2D eigenvalue weighted by molar-refractivity contribution is 0.259. The van der Waals surface area contributed by atoms with E-state index >= 15 is 0 Å². The molecule has 0 spiro atoms. The van der Waals surface area contributed by atoms with E-state index in [9.17, 15) is 0 Å². The van der Waals surface area contributed by atoms with Gasteiger partial charge in [-0.05, 0) is 43.9 Å². The van der Waals surface area contributed by atoms with E-state index in [-0.39, 0.29) is 0 Å². The maximum atomic E-state index is 5.68. The van der Waals surface area contributed by atoms with Crippen molar-refractivity contribution in [3.8, 4) is 0 Å². The van der Waals surface area contributed by atoms with E-state index in [1.54, 1.807) is 0 Å². The molecule has 1 fully saturated rings. The van der Waals surface area contributed by atoms with Gasteiger partial charge in [0.05, 0.1) is 13.2 Å². The van der Waals surface area contributed by atoms with Crippen molar-refractivity contribution in [3.05, 3.63) is 0 Å². The number of hydrogen-bond acceptors (Lipinski definition) is 3. The van der Waals surface area contributed by atoms with Crippen LogP contribution in [-0.4, -0.2) is 19.4 Å². The molecule has 0 N–H and O–H groups in total. The molecule has 0 heterocycles. The van der Waals surface area contributed by atoms with Crippen LogP contribution in [0.3, 0.4) is 0 Å². The Kier molecular flexibility index (Phi) is 5.76. The highest BCUT2D eigenvalue weighted by molar-refractivity contribution is 8.09. The quantitative estimate of drug-likeness (QED) is 0.668. The van der Waals surface area contributed by atoms with E-state index in [1.165, 1.54) is 19.3 Å². The molecule has 0 radical (unpaired) electrons. The van der Waals surface area contributed by atoms with Crippen LogP contribution < -0.4 is 0 Å². The first kappa shape index (κ1) is 13.6. The summed E-state index contributed by atoms with van der Waals surface area (Å²) < 4.78 is 11.4. The zero-order valence-electron chi connectivity index (χ0n) is 10.1. The summed E-state index contributed by atoms with van der Waals surface area (Å²) in [4.78, 5) is 0. The predicted molar refractivity (Wildman–Crippen MR) is 68.9 cm³/mol. The van der Waals surface area contributed by atoms with Gasteiger partial charge in [-0.1, -0.05) is 19.8 Å². The van der Waals surface area contributed by atoms with E-state index in [0.29, 0.717) is 13.2 Å². The molecule has 1 aliphatic carbocycles. The van der Waals surface area contributed by atoms with Crippen molar-refractivity contribution in [2.75, 3.05) is 19.4 Å². The van der Waals surface area contributed by atoms with E-state index < -0.39 is 6.49 Å². The van der Waals surface area contributed by atoms with Crippen LogP contribution in [-0.2, 0) is 20.9 Å². The molecule has 2 nitrogen and oxygen atoms in total. The van der Waals surface area contributed by atoms with Gasteiger partial charge in [0, 0.05) is 6.16 Å². The molecule has 2 unspecified atom stereocenters. The smallest absolute Gasteiger partial charge is 0.188 e. The molecule has 1 aliphatic rings. The van der Waals surface area contributed by atoms with Crippen molar-refractivity contribution in [2.24, 2.45) is 11.8 Å². The van der Waals surface area contributed by atoms with Crippen molar-refractivity contribution in [2.45, 2.75) is 40.0 Å². The second kappa shape index (κ2) is 6.34. The Labute approximate surface area is 98.9 Å². The summed E-state index contributed by atoms with van der Waals surface area (Å²) in [6.07, 6.45) is 4.97. The SMILES string of the molecule is CCOP(=S)(CC1CCCC1C)OCC. The lowest BCUT2D eigenvalue weighted by Gasteiger charge is -2.26. The lowest BCUT2D eigenvalue weighted by atomic mass is 10.0. The second-order valence-electron chi connectivity index (χ2n) is 4.30. The van der Waals surface area contributed by atoms with Crippen LogP contribution in [0.2, 0.25) is 0 Å². The van der Waals surface area contributed by atoms with Crippen molar-refractivity contribution in [3.63, 3.8) is 0 Å². The van der Waals surface area contributed by atoms with Gasteiger partial charge in [-0.15, -0.1) is 0 Å². The molecule has 1 rings (SSSR count). The fraction of sp³-hybridized carbons (Fsp3) is 1.00. The van der Waals surface area contributed by atoms with Crippen LogP contribution in [0.15, 0.2) is 0 Å². The molecule has 0 aliphatic heterocycles. The fourth-order valence-corrected chi connectivity index (χ4v) is 5.71. The van der Waals surface area contributed by atoms with E-state index in [0.717, 1.165) is 18.0 Å². The van der Waals surface area contributed by atoms with E-state index in [2.05, 4.69) is 6.92 Å². The summed E-state index contributed by atoms with van der Waals surface area (Å²) in [5, 5.41) is 0. The Morgan fingerprint density at radius 1 is 1.20 bits per heavy atom. The third kappa shape index (κ3) is 4.14. The van der Waals surface area contributed by atoms with Crippen molar-refractivity contribution >= 4 is 18.3 Å². The minimum absolute atomic E-state index is 0.679. The van der Waals surface area contributed by atoms with Gasteiger partial charge in [-0.25, -0.2) is 0 Å². The molecule has 4 heteroatoms. The molecule has 0 bridgehead atoms. The first-order chi connectivity index (χ1) is 7.11. The normalized spacial score (nSPS) is 27.1. The molecule has 0 aromatic carbocycles. The van der Waals surface area contributed by atoms with Crippen LogP contribution in [0.25, 0.3) is 0 Å². The second-order valence-corrected chi connectivity index (χ2v) is 8.07. The lowest BCUT2D eigenvalue weighted by Crippen LogP contribution is -2.12. The topological polar surface area (TPSA) is 18.5 Å². The molecule has 0 aromatic rings. The molecule has 0 aromatic heterocycles. The van der Waals surface area contributed by atoms with Gasteiger partial charge in [-0.2, -0.15) is 0 Å². The van der Waals surface area contributed by atoms with Crippen LogP contribution in [0.1, 0.15) is 40.0 Å². The highest BCUT2D eigenvalue weighted by Crippen LogP contribution is 2.53. The third-order valence-corrected chi connectivity index (χ3v) is 6.45. The third-order valence-electron chi connectivity index (χ3n) is 3.15. The Hall–Kier alpha value is 0.570. The first-order valence-electron chi connectivity index (χ1n) is 5.99. The molecule has 2 atom stereocenters. The van der Waals surface area contributed by atoms with Gasteiger partial charge in [0.1, 0.15) is 0 Å². The molecule has 90 valence electrons. The average Bonchev–Trinajstić information content (AvgIpc) is 2.52. The molecule has 0 amide bonds. The molecule has 15 heavy (non-hydrogen) atoms. The summed E-state index contributed by atoms with van der Waals surface area (Å²) in [6.45, 7) is 5.71. The largest absolute Gasteiger partial charge is 0.330 e. The van der Waals surface area contributed by atoms with Crippen LogP contribution in [0, 0.1) is 11.8 Å². The van der Waals surface area contributed by atoms with Crippen LogP contribution in [0.4, 0.5) is 0 Å². The highest BCUT2D eigenvalue weighted by atomic mass is 32.5. The summed E-state index contributed by atoms with van der Waals surface area (Å²) in [6, 6.07) is 0. The summed E-state index contributed by atoms with van der Waals surface area (Å²) in [5.41, 5.74) is 0. The minimum atomic E-state index is -1.97. The molecule has 1 saturated carbocycles. The van der Waals surface area contributed by atoms with Crippen molar-refractivity contribution in [1.82, 2.24) is 0 Å². The Morgan fingerprint density at radius 2 is 1.80 bits per heavy atom. The van der Waals surface area contributed by atoms with Gasteiger partial charge in [0.25, 0.3) is 0 Å². The fourth-order valence-electron chi connectivity index (χ4n) is 2.32. The van der Waals surface area contributed by atoms with Crippen molar-refractivity contribution in [1.29, 1.82) is 0 Å². The van der Waals surface area contributed by atoms with E-state index in [1.807, 2.05) is 13.8 Å². The van der Waals surface area contributed by atoms with Gasteiger partial charge in [0.2, 0.25) is 0 Å². The average molecular weight is 250 g/mol. The van der Waals surface area contributed by atoms with Gasteiger partial charge < -0.3 is 9.05 Å². The predicted octanol–water partition coefficient (Wildman–Crippen LogP) is 3.81. The zero-order chi connectivity index (χ0) is 11.3. The molecule has 0 saturated heterocycles. The maximum Gasteiger partial charge on any atom is 0.188 e. The van der Waals surface area contributed by atoms with Crippen LogP contribution in [0.5, 0.6) is 0 Å². The Bertz CT molecular complexity index is 223. The molecular formula is C11H23O2PS. The number of rotatable bonds is 6. The molecular weight excluding hydrogens is 227 g/mol. The maximum absolute atomic E-state index is 5.68. The Balaban J connectivity index is 2.53. The summed E-state index contributed by atoms with van der Waals surface area (Å²) >= 11 is 5.56. The summed E-state index contributed by atoms with van der Waals surface area (Å²) in [7, 11) is 0. The standard InChI is InChI=1S/C11H23O2PS/c1-4-12-14(15,13-5-2)9-11-8-6-7-10(11)3/h10-11H,4-9H2,1-3H3. The van der Waals surface area contributed by atoms with Crippen LogP contribution >= 0.6 is 6.49 Å².